The Hall–Kier alpha value is -0.820. The van der Waals surface area contributed by atoms with Crippen molar-refractivity contribution in [2.45, 2.75) is 39.2 Å². The molecule has 16 heavy (non-hydrogen) atoms. The Morgan fingerprint density at radius 2 is 1.88 bits per heavy atom. The average molecular weight is 217 g/mol. The number of rotatable bonds is 6. The molecule has 0 bridgehead atoms. The molecule has 0 aliphatic heterocycles. The van der Waals surface area contributed by atoms with Gasteiger partial charge in [-0.05, 0) is 50.1 Å². The van der Waals surface area contributed by atoms with Crippen LogP contribution in [0, 0.1) is 11.8 Å². The molecule has 1 nitrogen and oxygen atoms in total. The number of nitrogens with one attached hydrogen (secondary N) is 1. The molecule has 88 valence electrons. The molecule has 2 unspecified atom stereocenters. The molecule has 1 aromatic rings. The van der Waals surface area contributed by atoms with Gasteiger partial charge in [0.05, 0.1) is 0 Å². The maximum absolute atomic E-state index is 3.65. The highest BCUT2D eigenvalue weighted by Gasteiger charge is 2.27. The predicted molar refractivity (Wildman–Crippen MR) is 69.5 cm³/mol. The van der Waals surface area contributed by atoms with Gasteiger partial charge in [0.25, 0.3) is 0 Å². The van der Waals surface area contributed by atoms with Gasteiger partial charge in [0.15, 0.2) is 0 Å². The van der Waals surface area contributed by atoms with Gasteiger partial charge in [-0.3, -0.25) is 0 Å². The zero-order valence-corrected chi connectivity index (χ0v) is 10.4. The fraction of sp³-hybridized carbons (Fsp3) is 0.600. The zero-order valence-electron chi connectivity index (χ0n) is 10.4. The van der Waals surface area contributed by atoms with Crippen LogP contribution in [0.3, 0.4) is 0 Å². The SMILES string of the molecule is CC(Cc1ccccc1)NCC(C)C1CC1. The fourth-order valence-corrected chi connectivity index (χ4v) is 2.26. The fourth-order valence-electron chi connectivity index (χ4n) is 2.26. The molecule has 0 saturated heterocycles. The van der Waals surface area contributed by atoms with Gasteiger partial charge in [0.1, 0.15) is 0 Å². The van der Waals surface area contributed by atoms with Crippen LogP contribution in [0.25, 0.3) is 0 Å². The Morgan fingerprint density at radius 1 is 1.19 bits per heavy atom. The van der Waals surface area contributed by atoms with Crippen LogP contribution in [-0.4, -0.2) is 12.6 Å². The van der Waals surface area contributed by atoms with Crippen molar-refractivity contribution in [1.82, 2.24) is 5.32 Å². The molecule has 1 aliphatic rings. The monoisotopic (exact) mass is 217 g/mol. The second-order valence-electron chi connectivity index (χ2n) is 5.31. The Kier molecular flexibility index (Phi) is 4.00. The lowest BCUT2D eigenvalue weighted by molar-refractivity contribution is 0.425. The molecule has 1 N–H and O–H groups in total. The Labute approximate surface area is 99.3 Å². The Balaban J connectivity index is 1.69. The summed E-state index contributed by atoms with van der Waals surface area (Å²) >= 11 is 0. The minimum atomic E-state index is 0.587. The van der Waals surface area contributed by atoms with Gasteiger partial charge < -0.3 is 5.32 Å². The summed E-state index contributed by atoms with van der Waals surface area (Å²) in [5, 5.41) is 3.65. The van der Waals surface area contributed by atoms with Crippen molar-refractivity contribution >= 4 is 0 Å². The van der Waals surface area contributed by atoms with Gasteiger partial charge in [-0.25, -0.2) is 0 Å². The van der Waals surface area contributed by atoms with Gasteiger partial charge in [-0.2, -0.15) is 0 Å². The van der Waals surface area contributed by atoms with Crippen molar-refractivity contribution in [2.75, 3.05) is 6.54 Å². The molecule has 0 amide bonds. The first-order valence-electron chi connectivity index (χ1n) is 6.53. The van der Waals surface area contributed by atoms with Crippen molar-refractivity contribution in [1.29, 1.82) is 0 Å². The second-order valence-corrected chi connectivity index (χ2v) is 5.31. The molecule has 0 spiro atoms. The van der Waals surface area contributed by atoms with E-state index in [0.29, 0.717) is 6.04 Å². The van der Waals surface area contributed by atoms with Gasteiger partial charge in [-0.15, -0.1) is 0 Å². The van der Waals surface area contributed by atoms with E-state index < -0.39 is 0 Å². The smallest absolute Gasteiger partial charge is 0.00792 e. The average Bonchev–Trinajstić information content (AvgIpc) is 3.11. The lowest BCUT2D eigenvalue weighted by Gasteiger charge is -2.17. The van der Waals surface area contributed by atoms with Crippen molar-refractivity contribution < 1.29 is 0 Å². The highest BCUT2D eigenvalue weighted by atomic mass is 14.9. The van der Waals surface area contributed by atoms with E-state index in [0.717, 1.165) is 18.3 Å². The normalized spacial score (nSPS) is 19.4. The van der Waals surface area contributed by atoms with Gasteiger partial charge in [0.2, 0.25) is 0 Å². The summed E-state index contributed by atoms with van der Waals surface area (Å²) < 4.78 is 0. The quantitative estimate of drug-likeness (QED) is 0.771. The molecule has 2 rings (SSSR count). The highest BCUT2D eigenvalue weighted by Crippen LogP contribution is 2.36. The van der Waals surface area contributed by atoms with E-state index in [-0.39, 0.29) is 0 Å². The molecule has 1 fully saturated rings. The van der Waals surface area contributed by atoms with Crippen LogP contribution in [0.15, 0.2) is 30.3 Å². The summed E-state index contributed by atoms with van der Waals surface area (Å²) in [4.78, 5) is 0. The molecule has 1 saturated carbocycles. The number of hydrogen-bond donors (Lipinski definition) is 1. The third-order valence-electron chi connectivity index (χ3n) is 3.60. The van der Waals surface area contributed by atoms with E-state index in [1.165, 1.54) is 24.9 Å². The summed E-state index contributed by atoms with van der Waals surface area (Å²) in [6.07, 6.45) is 4.05. The van der Waals surface area contributed by atoms with Gasteiger partial charge >= 0.3 is 0 Å². The van der Waals surface area contributed by atoms with Crippen LogP contribution in [-0.2, 0) is 6.42 Å². The first kappa shape index (κ1) is 11.7. The predicted octanol–water partition coefficient (Wildman–Crippen LogP) is 3.25. The van der Waals surface area contributed by atoms with E-state index in [1.54, 1.807) is 0 Å². The Bertz CT molecular complexity index is 302. The minimum absolute atomic E-state index is 0.587. The summed E-state index contributed by atoms with van der Waals surface area (Å²) in [5.41, 5.74) is 1.43. The first-order chi connectivity index (χ1) is 7.75. The standard InChI is InChI=1S/C15H23N/c1-12(15-8-9-15)11-16-13(2)10-14-6-4-3-5-7-14/h3-7,12-13,15-16H,8-11H2,1-2H3. The number of hydrogen-bond acceptors (Lipinski definition) is 1. The summed E-state index contributed by atoms with van der Waals surface area (Å²) in [7, 11) is 0. The van der Waals surface area contributed by atoms with Crippen LogP contribution in [0.1, 0.15) is 32.3 Å². The molecular weight excluding hydrogens is 194 g/mol. The third-order valence-corrected chi connectivity index (χ3v) is 3.60. The number of benzene rings is 1. The van der Waals surface area contributed by atoms with Crippen LogP contribution >= 0.6 is 0 Å². The largest absolute Gasteiger partial charge is 0.314 e. The summed E-state index contributed by atoms with van der Waals surface area (Å²) in [5.74, 6) is 1.87. The van der Waals surface area contributed by atoms with Crippen LogP contribution in [0.4, 0.5) is 0 Å². The maximum Gasteiger partial charge on any atom is 0.00792 e. The van der Waals surface area contributed by atoms with Crippen molar-refractivity contribution in [3.05, 3.63) is 35.9 Å². The first-order valence-corrected chi connectivity index (χ1v) is 6.53. The van der Waals surface area contributed by atoms with Crippen molar-refractivity contribution in [3.63, 3.8) is 0 Å². The van der Waals surface area contributed by atoms with Gasteiger partial charge in [-0.1, -0.05) is 37.3 Å². The van der Waals surface area contributed by atoms with Crippen molar-refractivity contribution in [3.8, 4) is 0 Å². The maximum atomic E-state index is 3.65. The lowest BCUT2D eigenvalue weighted by atomic mass is 10.0. The Morgan fingerprint density at radius 3 is 2.50 bits per heavy atom. The molecule has 1 aromatic carbocycles. The van der Waals surface area contributed by atoms with E-state index in [4.69, 9.17) is 0 Å². The minimum Gasteiger partial charge on any atom is -0.314 e. The molecule has 1 aliphatic carbocycles. The van der Waals surface area contributed by atoms with Crippen molar-refractivity contribution in [2.24, 2.45) is 11.8 Å². The summed E-state index contributed by atoms with van der Waals surface area (Å²) in [6, 6.07) is 11.3. The third kappa shape index (κ3) is 3.64. The molecule has 1 heteroatoms. The van der Waals surface area contributed by atoms with Gasteiger partial charge in [0, 0.05) is 6.04 Å². The molecule has 2 atom stereocenters. The van der Waals surface area contributed by atoms with Crippen LogP contribution in [0.5, 0.6) is 0 Å². The van der Waals surface area contributed by atoms with E-state index in [9.17, 15) is 0 Å². The van der Waals surface area contributed by atoms with E-state index in [1.807, 2.05) is 0 Å². The van der Waals surface area contributed by atoms with Crippen LogP contribution in [0.2, 0.25) is 0 Å². The topological polar surface area (TPSA) is 12.0 Å². The lowest BCUT2D eigenvalue weighted by Crippen LogP contribution is -2.32. The molecular formula is C15H23N. The highest BCUT2D eigenvalue weighted by molar-refractivity contribution is 5.15. The van der Waals surface area contributed by atoms with E-state index in [2.05, 4.69) is 49.5 Å². The molecule has 0 heterocycles. The second kappa shape index (κ2) is 5.49. The molecule has 0 aromatic heterocycles. The molecule has 0 radical (unpaired) electrons. The zero-order chi connectivity index (χ0) is 11.4. The van der Waals surface area contributed by atoms with E-state index >= 15 is 0 Å². The summed E-state index contributed by atoms with van der Waals surface area (Å²) in [6.45, 7) is 5.84. The van der Waals surface area contributed by atoms with Crippen LogP contribution < -0.4 is 5.32 Å².